The van der Waals surface area contributed by atoms with Gasteiger partial charge in [-0.3, -0.25) is 9.80 Å². The Morgan fingerprint density at radius 2 is 1.06 bits per heavy atom. The molecule has 0 bridgehead atoms. The minimum absolute atomic E-state index is 0.0326. The van der Waals surface area contributed by atoms with Gasteiger partial charge in [0.05, 0.1) is 30.3 Å². The van der Waals surface area contributed by atoms with E-state index < -0.39 is 45.5 Å². The van der Waals surface area contributed by atoms with E-state index in [1.165, 1.54) is 34.1 Å². The summed E-state index contributed by atoms with van der Waals surface area (Å²) in [5.41, 5.74) is 1.41. The number of carbonyl (C=O) groups is 2. The first-order chi connectivity index (χ1) is 32.4. The summed E-state index contributed by atoms with van der Waals surface area (Å²) >= 11 is 6.97. The largest absolute Gasteiger partial charge is 0.508 e. The maximum absolute atomic E-state index is 13.6. The summed E-state index contributed by atoms with van der Waals surface area (Å²) in [7, 11) is 0. The molecule has 0 saturated carbocycles. The first kappa shape index (κ1) is 52.3. The van der Waals surface area contributed by atoms with Crippen LogP contribution < -0.4 is 24.0 Å². The van der Waals surface area contributed by atoms with Crippen LogP contribution in [0, 0.1) is 0 Å². The molecular weight excluding hydrogens is 970 g/mol. The van der Waals surface area contributed by atoms with Gasteiger partial charge in [0.25, 0.3) is 0 Å². The zero-order valence-corrected chi connectivity index (χ0v) is 40.7. The van der Waals surface area contributed by atoms with Gasteiger partial charge in [-0.1, -0.05) is 60.7 Å². The van der Waals surface area contributed by atoms with Crippen LogP contribution in [0.1, 0.15) is 61.1 Å². The number of hydrogen-bond acceptors (Lipinski definition) is 10. The standard InChI is InChI=1S/C25H24F3NO4S.C13H17NO4.C12H8ClF3S/c1-24(2,3)33-23(30)29-11-12-31-21-13-17(9-10-20(21)29)32-15-18-14-19(16-7-5-4-6-8-16)22(34-18)25(26,27)28;1-13(2,3)18-12(16)14-6-7-17-11-8-9(15)4-5-10(11)14;13-7-9-6-10(8-4-2-1-3-5-8)11(17-9)12(14,15)16/h4-10,13-14H,11-12,15H2,1-3H3;4-5,8,15H,6-7H2,1-3H3;1-6H,7H2. The molecule has 0 radical (unpaired) electrons. The Balaban J connectivity index is 0.000000188. The second-order valence-corrected chi connectivity index (χ2v) is 19.8. The first-order valence-corrected chi connectivity index (χ1v) is 23.5. The predicted molar refractivity (Wildman–Crippen MR) is 256 cm³/mol. The zero-order valence-electron chi connectivity index (χ0n) is 38.3. The second kappa shape index (κ2) is 21.7. The molecule has 2 aliphatic heterocycles. The van der Waals surface area contributed by atoms with Crippen molar-refractivity contribution in [3.8, 4) is 45.3 Å². The van der Waals surface area contributed by atoms with Crippen LogP contribution in [0.25, 0.3) is 22.3 Å². The van der Waals surface area contributed by atoms with Crippen molar-refractivity contribution in [2.75, 3.05) is 36.1 Å². The van der Waals surface area contributed by atoms with Crippen molar-refractivity contribution < 1.29 is 64.7 Å². The molecule has 1 N–H and O–H groups in total. The van der Waals surface area contributed by atoms with Crippen molar-refractivity contribution in [3.63, 3.8) is 0 Å². The Labute approximate surface area is 408 Å². The van der Waals surface area contributed by atoms with E-state index in [0.717, 1.165) is 0 Å². The first-order valence-electron chi connectivity index (χ1n) is 21.3. The molecule has 4 aromatic carbocycles. The number of fused-ring (bicyclic) bond motifs is 2. The van der Waals surface area contributed by atoms with Crippen molar-refractivity contribution >= 4 is 57.8 Å². The third-order valence-electron chi connectivity index (χ3n) is 9.59. The van der Waals surface area contributed by atoms with Gasteiger partial charge in [-0.25, -0.2) is 9.59 Å². The Hall–Kier alpha value is -6.11. The molecule has 0 fully saturated rings. The van der Waals surface area contributed by atoms with E-state index in [1.54, 1.807) is 106 Å². The summed E-state index contributed by atoms with van der Waals surface area (Å²) in [5, 5.41) is 9.38. The highest BCUT2D eigenvalue weighted by Crippen LogP contribution is 2.45. The number of alkyl halides is 7. The van der Waals surface area contributed by atoms with Crippen LogP contribution >= 0.6 is 34.3 Å². The van der Waals surface area contributed by atoms with Crippen LogP contribution in [0.3, 0.4) is 0 Å². The molecule has 2 aromatic heterocycles. The van der Waals surface area contributed by atoms with Crippen molar-refractivity contribution in [2.24, 2.45) is 0 Å². The molecule has 0 spiro atoms. The SMILES string of the molecule is CC(C)(C)OC(=O)N1CCOc2cc(O)ccc21.CC(C)(C)OC(=O)N1CCOc2cc(OCc3cc(-c4ccccc4)c(C(F)(F)F)s3)ccc21.FC(F)(F)c1sc(CCl)cc1-c1ccccc1. The quantitative estimate of drug-likeness (QED) is 0.130. The van der Waals surface area contributed by atoms with E-state index in [1.807, 2.05) is 20.8 Å². The second-order valence-electron chi connectivity index (χ2n) is 17.3. The fourth-order valence-corrected chi connectivity index (χ4v) is 8.87. The molecule has 2 amide bonds. The van der Waals surface area contributed by atoms with Gasteiger partial charge in [-0.05, 0) is 89.1 Å². The van der Waals surface area contributed by atoms with E-state index in [9.17, 15) is 41.0 Å². The number of phenolic OH excluding ortho intramolecular Hbond substituents is 1. The van der Waals surface area contributed by atoms with Crippen LogP contribution in [0.4, 0.5) is 47.3 Å². The van der Waals surface area contributed by atoms with Crippen LogP contribution in [0.2, 0.25) is 0 Å². The molecule has 69 heavy (non-hydrogen) atoms. The molecule has 4 heterocycles. The Bertz CT molecular complexity index is 2700. The summed E-state index contributed by atoms with van der Waals surface area (Å²) < 4.78 is 107. The van der Waals surface area contributed by atoms with Gasteiger partial charge in [0, 0.05) is 33.0 Å². The van der Waals surface area contributed by atoms with Gasteiger partial charge in [0.15, 0.2) is 0 Å². The molecule has 6 aromatic rings. The average molecular weight is 1020 g/mol. The predicted octanol–water partition coefficient (Wildman–Crippen LogP) is 14.8. The van der Waals surface area contributed by atoms with Crippen molar-refractivity contribution in [1.29, 1.82) is 0 Å². The molecule has 0 saturated heterocycles. The van der Waals surface area contributed by atoms with Crippen LogP contribution in [-0.4, -0.2) is 54.8 Å². The number of carbonyl (C=O) groups excluding carboxylic acids is 2. The summed E-state index contributed by atoms with van der Waals surface area (Å²) in [5.74, 6) is 1.57. The molecule has 10 nitrogen and oxygen atoms in total. The fourth-order valence-electron chi connectivity index (χ4n) is 6.77. The smallest absolute Gasteiger partial charge is 0.426 e. The van der Waals surface area contributed by atoms with Crippen LogP contribution in [-0.2, 0) is 34.3 Å². The number of amides is 2. The summed E-state index contributed by atoms with van der Waals surface area (Å²) in [6, 6.07) is 29.6. The van der Waals surface area contributed by atoms with Gasteiger partial charge >= 0.3 is 24.5 Å². The topological polar surface area (TPSA) is 107 Å². The van der Waals surface area contributed by atoms with E-state index in [0.29, 0.717) is 91.9 Å². The van der Waals surface area contributed by atoms with E-state index >= 15 is 0 Å². The molecule has 2 aliphatic rings. The number of halogens is 7. The lowest BCUT2D eigenvalue weighted by molar-refractivity contribution is -0.134. The molecule has 368 valence electrons. The van der Waals surface area contributed by atoms with E-state index in [-0.39, 0.29) is 36.0 Å². The van der Waals surface area contributed by atoms with Crippen LogP contribution in [0.15, 0.2) is 109 Å². The number of benzene rings is 4. The summed E-state index contributed by atoms with van der Waals surface area (Å²) in [4.78, 5) is 27.3. The summed E-state index contributed by atoms with van der Waals surface area (Å²) in [6.45, 7) is 12.3. The monoisotopic (exact) mass is 1020 g/mol. The highest BCUT2D eigenvalue weighted by molar-refractivity contribution is 7.13. The number of rotatable bonds is 6. The van der Waals surface area contributed by atoms with Gasteiger partial charge in [0.2, 0.25) is 0 Å². The van der Waals surface area contributed by atoms with Gasteiger partial charge in [0.1, 0.15) is 63.8 Å². The summed E-state index contributed by atoms with van der Waals surface area (Å²) in [6.07, 6.45) is -9.67. The lowest BCUT2D eigenvalue weighted by atomic mass is 10.1. The number of thiophene rings is 2. The molecule has 0 unspecified atom stereocenters. The lowest BCUT2D eigenvalue weighted by Gasteiger charge is -2.31. The van der Waals surface area contributed by atoms with Gasteiger partial charge in [-0.2, -0.15) is 26.3 Å². The highest BCUT2D eigenvalue weighted by Gasteiger charge is 2.38. The highest BCUT2D eigenvalue weighted by atomic mass is 35.5. The number of ether oxygens (including phenoxy) is 5. The molecule has 8 rings (SSSR count). The molecule has 0 atom stereocenters. The number of hydrogen-bond donors (Lipinski definition) is 1. The maximum atomic E-state index is 13.6. The normalized spacial score (nSPS) is 13.5. The molecule has 19 heteroatoms. The van der Waals surface area contributed by atoms with E-state index in [4.69, 9.17) is 35.3 Å². The van der Waals surface area contributed by atoms with E-state index in [2.05, 4.69) is 0 Å². The Morgan fingerprint density at radius 1 is 0.623 bits per heavy atom. The van der Waals surface area contributed by atoms with Gasteiger partial charge < -0.3 is 28.8 Å². The number of anilines is 2. The fraction of sp³-hybridized carbons (Fsp3) is 0.320. The molecular formula is C50H49ClF6N2O8S2. The number of nitrogens with zero attached hydrogens (tertiary/aromatic N) is 2. The van der Waals surface area contributed by atoms with Crippen molar-refractivity contribution in [1.82, 2.24) is 0 Å². The Kier molecular flexibility index (Phi) is 16.4. The third kappa shape index (κ3) is 14.2. The zero-order chi connectivity index (χ0) is 50.3. The lowest BCUT2D eigenvalue weighted by Crippen LogP contribution is -2.41. The van der Waals surface area contributed by atoms with Crippen molar-refractivity contribution in [3.05, 3.63) is 129 Å². The van der Waals surface area contributed by atoms with Gasteiger partial charge in [-0.15, -0.1) is 34.3 Å². The van der Waals surface area contributed by atoms with Crippen LogP contribution in [0.5, 0.6) is 23.0 Å². The minimum atomic E-state index is -4.46. The van der Waals surface area contributed by atoms with Crippen molar-refractivity contribution in [2.45, 2.75) is 77.6 Å². The Morgan fingerprint density at radius 3 is 1.51 bits per heavy atom. The number of aromatic hydroxyl groups is 1. The molecule has 0 aliphatic carbocycles. The number of phenols is 1. The minimum Gasteiger partial charge on any atom is -0.508 e. The average Bonchev–Trinajstić information content (AvgIpc) is 3.94. The maximum Gasteiger partial charge on any atom is 0.426 e. The third-order valence-corrected chi connectivity index (χ3v) is 12.4.